The predicted molar refractivity (Wildman–Crippen MR) is 194 cm³/mol. The zero-order valence-corrected chi connectivity index (χ0v) is 31.3. The number of benzene rings is 2. The number of nitrogens with one attached hydrogen (secondary N) is 1. The van der Waals surface area contributed by atoms with Crippen LogP contribution < -0.4 is 14.4 Å². The minimum absolute atomic E-state index is 0.0678. The van der Waals surface area contributed by atoms with Crippen LogP contribution in [0.4, 0.5) is 5.69 Å². The number of fused-ring (bicyclic) bond motifs is 4. The van der Waals surface area contributed by atoms with Gasteiger partial charge in [0.25, 0.3) is 5.91 Å². The first-order valence-electron chi connectivity index (χ1n) is 17.6. The third-order valence-electron chi connectivity index (χ3n) is 11.3. The van der Waals surface area contributed by atoms with Gasteiger partial charge in [0.2, 0.25) is 15.9 Å². The summed E-state index contributed by atoms with van der Waals surface area (Å²) < 4.78 is 39.8. The maximum atomic E-state index is 14.0. The molecule has 0 radical (unpaired) electrons. The number of aliphatic hydroxyl groups is 1. The monoisotopic (exact) mass is 727 g/mol. The molecule has 12 heteroatoms. The van der Waals surface area contributed by atoms with Crippen molar-refractivity contribution in [2.24, 2.45) is 11.8 Å². The number of sulfonamides is 1. The van der Waals surface area contributed by atoms with Crippen LogP contribution in [0, 0.1) is 11.8 Å². The molecule has 2 aliphatic carbocycles. The molecule has 2 aromatic rings. The smallest absolute Gasteiger partial charge is 0.270 e. The molecule has 0 aromatic heterocycles. The molecule has 1 fully saturated rings. The van der Waals surface area contributed by atoms with Crippen LogP contribution in [-0.2, 0) is 41.8 Å². The molecule has 5 unspecified atom stereocenters. The number of amides is 2. The Kier molecular flexibility index (Phi) is 10.1. The Labute approximate surface area is 301 Å². The molecule has 6 rings (SSSR count). The van der Waals surface area contributed by atoms with Gasteiger partial charge in [-0.05, 0) is 112 Å². The molecule has 2 N–H and O–H groups in total. The van der Waals surface area contributed by atoms with Gasteiger partial charge < -0.3 is 24.4 Å². The van der Waals surface area contributed by atoms with Gasteiger partial charge in [-0.2, -0.15) is 0 Å². The van der Waals surface area contributed by atoms with Gasteiger partial charge in [0, 0.05) is 44.2 Å². The van der Waals surface area contributed by atoms with E-state index in [9.17, 15) is 23.1 Å². The van der Waals surface area contributed by atoms with E-state index >= 15 is 0 Å². The summed E-state index contributed by atoms with van der Waals surface area (Å²) in [6.07, 6.45) is 8.82. The van der Waals surface area contributed by atoms with E-state index in [-0.39, 0.29) is 23.0 Å². The standard InChI is InChI=1S/C38H50ClN3O7S/c1-36(2,3)50(46,47)40-35(44)38(45)21-34(43)41(4)18-7-6-10-32(48-5)29-14-11-26(29)22-42-23-37(24-49-33-16-12-27(38)20-31(33)42)17-8-9-25-19-28(39)13-15-30(25)37/h6,10,12-13,15-16,19-20,26,29,32,45H,7-9,11,14,17-18,21-24H2,1-5H3,(H,40,44)/b10-6-. The van der Waals surface area contributed by atoms with Crippen LogP contribution in [0.2, 0.25) is 5.02 Å². The number of anilines is 1. The number of hydrogen-bond acceptors (Lipinski definition) is 8. The Balaban J connectivity index is 1.48. The minimum atomic E-state index is -4.21. The number of rotatable bonds is 3. The summed E-state index contributed by atoms with van der Waals surface area (Å²) in [5, 5.41) is 13.0. The molecule has 1 saturated carbocycles. The molecule has 5 atom stereocenters. The number of halogens is 1. The van der Waals surface area contributed by atoms with Crippen LogP contribution in [0.5, 0.6) is 5.75 Å². The lowest BCUT2D eigenvalue weighted by atomic mass is 9.68. The van der Waals surface area contributed by atoms with Crippen molar-refractivity contribution >= 4 is 39.1 Å². The Morgan fingerprint density at radius 3 is 2.64 bits per heavy atom. The Morgan fingerprint density at radius 2 is 1.94 bits per heavy atom. The highest BCUT2D eigenvalue weighted by Crippen LogP contribution is 2.48. The lowest BCUT2D eigenvalue weighted by molar-refractivity contribution is -0.148. The third kappa shape index (κ3) is 6.90. The topological polar surface area (TPSA) is 125 Å². The van der Waals surface area contributed by atoms with Gasteiger partial charge in [-0.3, -0.25) is 9.59 Å². The summed E-state index contributed by atoms with van der Waals surface area (Å²) >= 11 is 6.45. The second-order valence-corrected chi connectivity index (χ2v) is 18.5. The van der Waals surface area contributed by atoms with Crippen molar-refractivity contribution in [3.8, 4) is 5.75 Å². The number of ether oxygens (including phenoxy) is 2. The normalized spacial score (nSPS) is 29.6. The number of carbonyl (C=O) groups is 2. The SMILES string of the molecule is COC1/C=C\CCN(C)C(=O)CC(O)(C(=O)NS(=O)(=O)C(C)(C)C)c2ccc3c(c2)N(CC2CCC21)CC1(CCCc2cc(Cl)ccc21)CO3. The predicted octanol–water partition coefficient (Wildman–Crippen LogP) is 5.09. The van der Waals surface area contributed by atoms with Gasteiger partial charge in [0.1, 0.15) is 5.75 Å². The van der Waals surface area contributed by atoms with Crippen molar-refractivity contribution in [2.75, 3.05) is 45.3 Å². The third-order valence-corrected chi connectivity index (χ3v) is 13.6. The van der Waals surface area contributed by atoms with Gasteiger partial charge in [0.15, 0.2) is 5.60 Å². The molecule has 2 bridgehead atoms. The number of methoxy groups -OCH3 is 1. The molecule has 0 saturated heterocycles. The van der Waals surface area contributed by atoms with E-state index in [0.29, 0.717) is 55.0 Å². The molecule has 2 amide bonds. The highest BCUT2D eigenvalue weighted by atomic mass is 35.5. The van der Waals surface area contributed by atoms with E-state index in [1.807, 2.05) is 12.1 Å². The molecule has 1 spiro atoms. The minimum Gasteiger partial charge on any atom is -0.490 e. The number of nitrogens with zero attached hydrogens (tertiary/aromatic N) is 2. The summed E-state index contributed by atoms with van der Waals surface area (Å²) in [7, 11) is -0.858. The highest BCUT2D eigenvalue weighted by Gasteiger charge is 2.47. The van der Waals surface area contributed by atoms with Crippen molar-refractivity contribution in [2.45, 2.75) is 87.6 Å². The average molecular weight is 728 g/mol. The van der Waals surface area contributed by atoms with Gasteiger partial charge in [-0.15, -0.1) is 0 Å². The number of hydrogen-bond donors (Lipinski definition) is 2. The fourth-order valence-electron chi connectivity index (χ4n) is 7.95. The van der Waals surface area contributed by atoms with Crippen molar-refractivity contribution in [3.63, 3.8) is 0 Å². The summed E-state index contributed by atoms with van der Waals surface area (Å²) in [4.78, 5) is 31.4. The molecular formula is C38H50ClN3O7S. The maximum Gasteiger partial charge on any atom is 0.270 e. The van der Waals surface area contributed by atoms with Crippen molar-refractivity contribution in [3.05, 3.63) is 70.3 Å². The second-order valence-electron chi connectivity index (χ2n) is 15.6. The first-order chi connectivity index (χ1) is 23.6. The van der Waals surface area contributed by atoms with Crippen LogP contribution in [0.3, 0.4) is 0 Å². The lowest BCUT2D eigenvalue weighted by Crippen LogP contribution is -2.53. The molecule has 10 nitrogen and oxygen atoms in total. The first-order valence-corrected chi connectivity index (χ1v) is 19.5. The van der Waals surface area contributed by atoms with E-state index in [2.05, 4.69) is 27.8 Å². The lowest BCUT2D eigenvalue weighted by Gasteiger charge is -2.46. The van der Waals surface area contributed by atoms with Gasteiger partial charge >= 0.3 is 0 Å². The van der Waals surface area contributed by atoms with Crippen LogP contribution in [0.1, 0.15) is 76.0 Å². The van der Waals surface area contributed by atoms with E-state index in [1.54, 1.807) is 32.4 Å². The van der Waals surface area contributed by atoms with Crippen LogP contribution in [0.15, 0.2) is 48.6 Å². The van der Waals surface area contributed by atoms with Gasteiger partial charge in [-0.1, -0.05) is 35.9 Å². The Bertz CT molecular complexity index is 1780. The van der Waals surface area contributed by atoms with Crippen LogP contribution in [-0.4, -0.2) is 81.5 Å². The van der Waals surface area contributed by atoms with Gasteiger partial charge in [-0.25, -0.2) is 13.1 Å². The molecule has 2 aromatic carbocycles. The van der Waals surface area contributed by atoms with Crippen LogP contribution in [0.25, 0.3) is 0 Å². The molecule has 50 heavy (non-hydrogen) atoms. The van der Waals surface area contributed by atoms with Crippen molar-refractivity contribution in [1.82, 2.24) is 9.62 Å². The number of carbonyl (C=O) groups excluding carboxylic acids is 2. The highest BCUT2D eigenvalue weighted by molar-refractivity contribution is 7.91. The zero-order valence-electron chi connectivity index (χ0n) is 29.7. The van der Waals surface area contributed by atoms with Crippen molar-refractivity contribution in [1.29, 1.82) is 0 Å². The number of aryl methyl sites for hydroxylation is 1. The fraction of sp³-hybridized carbons (Fsp3) is 0.579. The Morgan fingerprint density at radius 1 is 1.16 bits per heavy atom. The zero-order chi connectivity index (χ0) is 36.1. The van der Waals surface area contributed by atoms with E-state index in [4.69, 9.17) is 21.1 Å². The van der Waals surface area contributed by atoms with E-state index in [0.717, 1.165) is 32.1 Å². The summed E-state index contributed by atoms with van der Waals surface area (Å²) in [5.74, 6) is -0.481. The molecule has 2 heterocycles. The Hall–Kier alpha value is -3.12. The second kappa shape index (κ2) is 13.8. The van der Waals surface area contributed by atoms with Gasteiger partial charge in [0.05, 0.1) is 29.6 Å². The largest absolute Gasteiger partial charge is 0.490 e. The summed E-state index contributed by atoms with van der Waals surface area (Å²) in [6, 6.07) is 11.1. The molecule has 2 aliphatic heterocycles. The average Bonchev–Trinajstić information content (AvgIpc) is 3.19. The molecule has 272 valence electrons. The fourth-order valence-corrected chi connectivity index (χ4v) is 8.87. The first kappa shape index (κ1) is 36.7. The summed E-state index contributed by atoms with van der Waals surface area (Å²) in [6.45, 7) is 6.48. The van der Waals surface area contributed by atoms with E-state index in [1.165, 1.54) is 36.8 Å². The van der Waals surface area contributed by atoms with E-state index < -0.39 is 38.6 Å². The van der Waals surface area contributed by atoms with Crippen LogP contribution >= 0.6 is 11.6 Å². The molecule has 4 aliphatic rings. The van der Waals surface area contributed by atoms with Crippen molar-refractivity contribution < 1.29 is 32.6 Å². The quantitative estimate of drug-likeness (QED) is 0.419. The summed E-state index contributed by atoms with van der Waals surface area (Å²) in [5.41, 5.74) is 0.405. The maximum absolute atomic E-state index is 14.0. The molecular weight excluding hydrogens is 678 g/mol.